The Morgan fingerprint density at radius 2 is 1.70 bits per heavy atom. The Labute approximate surface area is 129 Å². The van der Waals surface area contributed by atoms with Gasteiger partial charge < -0.3 is 0 Å². The second kappa shape index (κ2) is 6.59. The number of nitrogens with one attached hydrogen (secondary N) is 1. The lowest BCUT2D eigenvalue weighted by atomic mass is 9.97. The Balaban J connectivity index is 2.28. The van der Waals surface area contributed by atoms with Crippen molar-refractivity contribution in [2.24, 2.45) is 5.84 Å². The van der Waals surface area contributed by atoms with Gasteiger partial charge in [-0.3, -0.25) is 11.3 Å². The normalized spacial score (nSPS) is 12.4. The monoisotopic (exact) mass is 308 g/mol. The van der Waals surface area contributed by atoms with Crippen molar-refractivity contribution in [3.05, 3.63) is 68.7 Å². The van der Waals surface area contributed by atoms with E-state index in [2.05, 4.69) is 37.5 Å². The molecule has 0 aliphatic rings. The van der Waals surface area contributed by atoms with E-state index >= 15 is 0 Å². The van der Waals surface area contributed by atoms with Gasteiger partial charge in [0.1, 0.15) is 0 Å². The van der Waals surface area contributed by atoms with Crippen molar-refractivity contribution in [2.45, 2.75) is 26.3 Å². The van der Waals surface area contributed by atoms with Gasteiger partial charge in [0.2, 0.25) is 0 Å². The lowest BCUT2D eigenvalue weighted by Gasteiger charge is -2.18. The van der Waals surface area contributed by atoms with Crippen molar-refractivity contribution in [1.82, 2.24) is 5.43 Å². The van der Waals surface area contributed by atoms with Crippen molar-refractivity contribution in [2.75, 3.05) is 0 Å². The van der Waals surface area contributed by atoms with E-state index in [1.807, 2.05) is 12.1 Å². The van der Waals surface area contributed by atoms with Crippen LogP contribution < -0.4 is 11.3 Å². The van der Waals surface area contributed by atoms with E-state index in [0.29, 0.717) is 10.0 Å². The highest BCUT2D eigenvalue weighted by atomic mass is 35.5. The topological polar surface area (TPSA) is 38.0 Å². The van der Waals surface area contributed by atoms with Crippen molar-refractivity contribution in [3.8, 4) is 0 Å². The van der Waals surface area contributed by atoms with Crippen LogP contribution in [0, 0.1) is 13.8 Å². The lowest BCUT2D eigenvalue weighted by Crippen LogP contribution is -2.29. The molecule has 0 spiro atoms. The van der Waals surface area contributed by atoms with Crippen molar-refractivity contribution >= 4 is 23.2 Å². The third-order valence-corrected chi connectivity index (χ3v) is 3.82. The first kappa shape index (κ1) is 15.3. The van der Waals surface area contributed by atoms with E-state index in [1.54, 1.807) is 6.07 Å². The van der Waals surface area contributed by atoms with Crippen LogP contribution in [0.2, 0.25) is 10.0 Å². The van der Waals surface area contributed by atoms with Crippen molar-refractivity contribution < 1.29 is 0 Å². The average molecular weight is 309 g/mol. The summed E-state index contributed by atoms with van der Waals surface area (Å²) in [4.78, 5) is 0. The Hall–Kier alpha value is -1.06. The van der Waals surface area contributed by atoms with Gasteiger partial charge in [0.25, 0.3) is 0 Å². The summed E-state index contributed by atoms with van der Waals surface area (Å²) in [6, 6.07) is 11.9. The second-order valence-electron chi connectivity index (χ2n) is 5.09. The Morgan fingerprint density at radius 1 is 1.05 bits per heavy atom. The highest BCUT2D eigenvalue weighted by Crippen LogP contribution is 2.28. The molecular weight excluding hydrogens is 291 g/mol. The highest BCUT2D eigenvalue weighted by molar-refractivity contribution is 6.35. The van der Waals surface area contributed by atoms with Gasteiger partial charge in [0.05, 0.1) is 6.04 Å². The predicted molar refractivity (Wildman–Crippen MR) is 86.1 cm³/mol. The predicted octanol–water partition coefficient (Wildman–Crippen LogP) is 4.36. The largest absolute Gasteiger partial charge is 0.271 e. The summed E-state index contributed by atoms with van der Waals surface area (Å²) in [5, 5.41) is 1.26. The molecule has 2 aromatic rings. The minimum absolute atomic E-state index is 0.0408. The maximum absolute atomic E-state index is 6.25. The molecule has 0 aromatic heterocycles. The maximum atomic E-state index is 6.25. The van der Waals surface area contributed by atoms with Crippen LogP contribution in [0.15, 0.2) is 36.4 Å². The highest BCUT2D eigenvalue weighted by Gasteiger charge is 2.14. The molecule has 3 N–H and O–H groups in total. The molecule has 0 saturated carbocycles. The van der Waals surface area contributed by atoms with Gasteiger partial charge in [-0.25, -0.2) is 0 Å². The molecule has 20 heavy (non-hydrogen) atoms. The summed E-state index contributed by atoms with van der Waals surface area (Å²) in [6.45, 7) is 4.19. The van der Waals surface area contributed by atoms with Crippen LogP contribution in [0.3, 0.4) is 0 Å². The van der Waals surface area contributed by atoms with Crippen LogP contribution in [-0.2, 0) is 6.42 Å². The molecule has 2 aromatic carbocycles. The van der Waals surface area contributed by atoms with Crippen LogP contribution in [0.1, 0.15) is 28.3 Å². The molecule has 0 bridgehead atoms. The standard InChI is InChI=1S/C16H18Cl2N2/c1-10-5-11(2)7-12(6-10)8-16(20-19)14-4-3-13(17)9-15(14)18/h3-7,9,16,20H,8,19H2,1-2H3. The number of hydrogen-bond donors (Lipinski definition) is 2. The Kier molecular flexibility index (Phi) is 5.06. The summed E-state index contributed by atoms with van der Waals surface area (Å²) >= 11 is 12.2. The first-order valence-corrected chi connectivity index (χ1v) is 7.23. The van der Waals surface area contributed by atoms with Gasteiger partial charge in [-0.15, -0.1) is 0 Å². The van der Waals surface area contributed by atoms with Crippen LogP contribution in [0.4, 0.5) is 0 Å². The molecule has 0 radical (unpaired) electrons. The van der Waals surface area contributed by atoms with E-state index in [0.717, 1.165) is 12.0 Å². The minimum Gasteiger partial charge on any atom is -0.271 e. The molecule has 2 rings (SSSR count). The second-order valence-corrected chi connectivity index (χ2v) is 5.93. The fraction of sp³-hybridized carbons (Fsp3) is 0.250. The summed E-state index contributed by atoms with van der Waals surface area (Å²) in [5.74, 6) is 5.69. The molecule has 0 saturated heterocycles. The first-order valence-electron chi connectivity index (χ1n) is 6.48. The number of rotatable bonds is 4. The summed E-state index contributed by atoms with van der Waals surface area (Å²) in [7, 11) is 0. The SMILES string of the molecule is Cc1cc(C)cc(CC(NN)c2ccc(Cl)cc2Cl)c1. The van der Waals surface area contributed by atoms with Gasteiger partial charge >= 0.3 is 0 Å². The summed E-state index contributed by atoms with van der Waals surface area (Å²) in [5.41, 5.74) is 7.52. The molecular formula is C16H18Cl2N2. The molecule has 0 fully saturated rings. The lowest BCUT2D eigenvalue weighted by molar-refractivity contribution is 0.552. The number of aryl methyl sites for hydroxylation is 2. The Morgan fingerprint density at radius 3 is 2.25 bits per heavy atom. The molecule has 106 valence electrons. The number of benzene rings is 2. The fourth-order valence-corrected chi connectivity index (χ4v) is 3.01. The summed E-state index contributed by atoms with van der Waals surface area (Å²) < 4.78 is 0. The van der Waals surface area contributed by atoms with Crippen LogP contribution in [-0.4, -0.2) is 0 Å². The number of hydrazine groups is 1. The van der Waals surface area contributed by atoms with Crippen LogP contribution in [0.25, 0.3) is 0 Å². The van der Waals surface area contributed by atoms with Crippen molar-refractivity contribution in [3.63, 3.8) is 0 Å². The van der Waals surface area contributed by atoms with Crippen LogP contribution in [0.5, 0.6) is 0 Å². The van der Waals surface area contributed by atoms with Crippen molar-refractivity contribution in [1.29, 1.82) is 0 Å². The zero-order chi connectivity index (χ0) is 14.7. The zero-order valence-electron chi connectivity index (χ0n) is 11.6. The minimum atomic E-state index is -0.0408. The van der Waals surface area contributed by atoms with Gasteiger partial charge in [-0.1, -0.05) is 58.6 Å². The zero-order valence-corrected chi connectivity index (χ0v) is 13.1. The van der Waals surface area contributed by atoms with Gasteiger partial charge in [-0.05, 0) is 43.5 Å². The Bertz CT molecular complexity index is 591. The van der Waals surface area contributed by atoms with E-state index in [4.69, 9.17) is 29.0 Å². The molecule has 1 unspecified atom stereocenters. The number of hydrogen-bond acceptors (Lipinski definition) is 2. The maximum Gasteiger partial charge on any atom is 0.0515 e. The summed E-state index contributed by atoms with van der Waals surface area (Å²) in [6.07, 6.45) is 0.778. The van der Waals surface area contributed by atoms with Gasteiger partial charge in [0, 0.05) is 10.0 Å². The first-order chi connectivity index (χ1) is 9.49. The quantitative estimate of drug-likeness (QED) is 0.650. The fourth-order valence-electron chi connectivity index (χ4n) is 2.47. The van der Waals surface area contributed by atoms with Gasteiger partial charge in [-0.2, -0.15) is 0 Å². The molecule has 2 nitrogen and oxygen atoms in total. The van der Waals surface area contributed by atoms with E-state index in [1.165, 1.54) is 16.7 Å². The van der Waals surface area contributed by atoms with E-state index in [-0.39, 0.29) is 6.04 Å². The molecule has 4 heteroatoms. The van der Waals surface area contributed by atoms with E-state index < -0.39 is 0 Å². The molecule has 0 heterocycles. The van der Waals surface area contributed by atoms with Gasteiger partial charge in [0.15, 0.2) is 0 Å². The smallest absolute Gasteiger partial charge is 0.0515 e. The van der Waals surface area contributed by atoms with Crippen LogP contribution >= 0.6 is 23.2 Å². The number of nitrogens with two attached hydrogens (primary N) is 1. The molecule has 0 aliphatic heterocycles. The third kappa shape index (κ3) is 3.74. The molecule has 0 amide bonds. The number of halogens is 2. The third-order valence-electron chi connectivity index (χ3n) is 3.26. The van der Waals surface area contributed by atoms with E-state index in [9.17, 15) is 0 Å². The molecule has 1 atom stereocenters. The molecule has 0 aliphatic carbocycles. The average Bonchev–Trinajstić information content (AvgIpc) is 2.35.